The topological polar surface area (TPSA) is 107 Å². The number of nitro benzene ring substituents is 1. The molecule has 0 unspecified atom stereocenters. The minimum absolute atomic E-state index is 0.149. The van der Waals surface area contributed by atoms with Gasteiger partial charge in [0.2, 0.25) is 0 Å². The maximum atomic E-state index is 11.9. The molecule has 1 aromatic heterocycles. The second kappa shape index (κ2) is 5.74. The van der Waals surface area contributed by atoms with Gasteiger partial charge < -0.3 is 10.1 Å². The summed E-state index contributed by atoms with van der Waals surface area (Å²) < 4.78 is 4.79. The van der Waals surface area contributed by atoms with Gasteiger partial charge in [0.1, 0.15) is 0 Å². The molecule has 0 saturated heterocycles. The average Bonchev–Trinajstić information content (AvgIpc) is 2.48. The fourth-order valence-corrected chi connectivity index (χ4v) is 1.45. The summed E-state index contributed by atoms with van der Waals surface area (Å²) in [4.78, 5) is 29.7. The van der Waals surface area contributed by atoms with Gasteiger partial charge in [-0.3, -0.25) is 14.9 Å². The van der Waals surface area contributed by atoms with Crippen molar-refractivity contribution in [2.24, 2.45) is 0 Å². The summed E-state index contributed by atoms with van der Waals surface area (Å²) in [5, 5.41) is 13.2. The summed E-state index contributed by atoms with van der Waals surface area (Å²) in [5.41, 5.74) is 0.390. The van der Waals surface area contributed by atoms with Crippen molar-refractivity contribution >= 4 is 17.3 Å². The molecule has 0 aliphatic heterocycles. The number of benzene rings is 1. The number of hydrogen-bond acceptors (Lipinski definition) is 6. The molecule has 8 nitrogen and oxygen atoms in total. The van der Waals surface area contributed by atoms with Gasteiger partial charge in [-0.05, 0) is 6.07 Å². The highest BCUT2D eigenvalue weighted by Gasteiger charge is 2.12. The maximum Gasteiger partial charge on any atom is 0.316 e. The zero-order valence-corrected chi connectivity index (χ0v) is 10.4. The van der Waals surface area contributed by atoms with Crippen molar-refractivity contribution in [3.63, 3.8) is 0 Å². The molecule has 20 heavy (non-hydrogen) atoms. The maximum absolute atomic E-state index is 11.9. The molecule has 0 aliphatic carbocycles. The second-order valence-electron chi connectivity index (χ2n) is 3.72. The van der Waals surface area contributed by atoms with Crippen molar-refractivity contribution in [3.8, 4) is 6.01 Å². The van der Waals surface area contributed by atoms with Crippen LogP contribution in [0.3, 0.4) is 0 Å². The Bertz CT molecular complexity index is 642. The molecule has 0 spiro atoms. The molecule has 2 aromatic rings. The largest absolute Gasteiger partial charge is 0.467 e. The lowest BCUT2D eigenvalue weighted by atomic mass is 10.2. The number of hydrogen-bond donors (Lipinski definition) is 1. The molecule has 1 N–H and O–H groups in total. The molecule has 0 saturated carbocycles. The van der Waals surface area contributed by atoms with Crippen LogP contribution in [0.5, 0.6) is 6.01 Å². The first-order valence-electron chi connectivity index (χ1n) is 5.52. The van der Waals surface area contributed by atoms with E-state index in [1.807, 2.05) is 0 Å². The number of nitrogens with zero attached hydrogens (tertiary/aromatic N) is 3. The molecule has 0 bridgehead atoms. The van der Waals surface area contributed by atoms with Gasteiger partial charge in [0.25, 0.3) is 11.6 Å². The predicted octanol–water partition coefficient (Wildman–Crippen LogP) is 1.65. The van der Waals surface area contributed by atoms with Crippen molar-refractivity contribution in [1.82, 2.24) is 9.97 Å². The van der Waals surface area contributed by atoms with E-state index in [-0.39, 0.29) is 17.3 Å². The minimum atomic E-state index is -0.562. The quantitative estimate of drug-likeness (QED) is 0.670. The number of anilines is 1. The lowest BCUT2D eigenvalue weighted by Crippen LogP contribution is -2.12. The van der Waals surface area contributed by atoms with Crippen LogP contribution in [0.15, 0.2) is 36.7 Å². The molecule has 1 aromatic carbocycles. The second-order valence-corrected chi connectivity index (χ2v) is 3.72. The van der Waals surface area contributed by atoms with Gasteiger partial charge in [-0.1, -0.05) is 6.07 Å². The number of nitro groups is 1. The van der Waals surface area contributed by atoms with Gasteiger partial charge in [-0.25, -0.2) is 9.97 Å². The highest BCUT2D eigenvalue weighted by molar-refractivity contribution is 6.04. The summed E-state index contributed by atoms with van der Waals surface area (Å²) in [6.45, 7) is 0. The molecular weight excluding hydrogens is 264 g/mol. The van der Waals surface area contributed by atoms with E-state index in [0.29, 0.717) is 5.69 Å². The Hall–Kier alpha value is -3.03. The van der Waals surface area contributed by atoms with Gasteiger partial charge in [0, 0.05) is 17.7 Å². The Morgan fingerprint density at radius 2 is 2.05 bits per heavy atom. The van der Waals surface area contributed by atoms with Crippen LogP contribution in [-0.4, -0.2) is 27.9 Å². The number of ether oxygens (including phenoxy) is 1. The number of carbonyl (C=O) groups is 1. The predicted molar refractivity (Wildman–Crippen MR) is 69.6 cm³/mol. The molecule has 102 valence electrons. The fraction of sp³-hybridized carbons (Fsp3) is 0.0833. The third-order valence-electron chi connectivity index (χ3n) is 2.39. The van der Waals surface area contributed by atoms with Crippen LogP contribution >= 0.6 is 0 Å². The Labute approximate surface area is 113 Å². The highest BCUT2D eigenvalue weighted by Crippen LogP contribution is 2.15. The number of non-ortho nitro benzene ring substituents is 1. The highest BCUT2D eigenvalue weighted by atomic mass is 16.6. The van der Waals surface area contributed by atoms with Gasteiger partial charge in [0.15, 0.2) is 0 Å². The molecule has 0 aliphatic rings. The standard InChI is InChI=1S/C12H10N4O4/c1-20-12-13-6-9(7-14-12)15-11(17)8-3-2-4-10(5-8)16(18)19/h2-7H,1H3,(H,15,17). The molecule has 2 rings (SSSR count). The Kier molecular flexibility index (Phi) is 3.85. The summed E-state index contributed by atoms with van der Waals surface area (Å²) in [6, 6.07) is 5.61. The zero-order valence-electron chi connectivity index (χ0n) is 10.4. The molecule has 1 amide bonds. The lowest BCUT2D eigenvalue weighted by molar-refractivity contribution is -0.384. The normalized spacial score (nSPS) is 9.85. The third-order valence-corrected chi connectivity index (χ3v) is 2.39. The van der Waals surface area contributed by atoms with Gasteiger partial charge in [0.05, 0.1) is 30.1 Å². The van der Waals surface area contributed by atoms with Crippen LogP contribution < -0.4 is 10.1 Å². The first kappa shape index (κ1) is 13.4. The molecule has 8 heteroatoms. The van der Waals surface area contributed by atoms with Crippen LogP contribution in [0.2, 0.25) is 0 Å². The molecule has 0 radical (unpaired) electrons. The van der Waals surface area contributed by atoms with Crippen LogP contribution in [0.25, 0.3) is 0 Å². The van der Waals surface area contributed by atoms with Gasteiger partial charge in [-0.2, -0.15) is 0 Å². The van der Waals surface area contributed by atoms with Crippen molar-refractivity contribution in [1.29, 1.82) is 0 Å². The van der Waals surface area contributed by atoms with Crippen LogP contribution in [0, 0.1) is 10.1 Å². The summed E-state index contributed by atoms with van der Waals surface area (Å²) in [7, 11) is 1.43. The average molecular weight is 274 g/mol. The van der Waals surface area contributed by atoms with E-state index in [1.54, 1.807) is 0 Å². The zero-order chi connectivity index (χ0) is 14.5. The summed E-state index contributed by atoms with van der Waals surface area (Å²) >= 11 is 0. The molecule has 0 atom stereocenters. The van der Waals surface area contributed by atoms with E-state index < -0.39 is 10.8 Å². The van der Waals surface area contributed by atoms with E-state index in [9.17, 15) is 14.9 Å². The summed E-state index contributed by atoms with van der Waals surface area (Å²) in [5.74, 6) is -0.484. The number of carbonyl (C=O) groups excluding carboxylic acids is 1. The lowest BCUT2D eigenvalue weighted by Gasteiger charge is -2.04. The number of amides is 1. The van der Waals surface area contributed by atoms with E-state index in [2.05, 4.69) is 15.3 Å². The van der Waals surface area contributed by atoms with Crippen molar-refractivity contribution in [2.45, 2.75) is 0 Å². The van der Waals surface area contributed by atoms with Crippen LogP contribution in [0.4, 0.5) is 11.4 Å². The smallest absolute Gasteiger partial charge is 0.316 e. The van der Waals surface area contributed by atoms with Gasteiger partial charge >= 0.3 is 6.01 Å². The molecule has 1 heterocycles. The summed E-state index contributed by atoms with van der Waals surface area (Å²) in [6.07, 6.45) is 2.75. The third kappa shape index (κ3) is 3.05. The van der Waals surface area contributed by atoms with E-state index >= 15 is 0 Å². The Morgan fingerprint density at radius 1 is 1.35 bits per heavy atom. The molecular formula is C12H10N4O4. The number of rotatable bonds is 4. The van der Waals surface area contributed by atoms with E-state index in [1.165, 1.54) is 43.8 Å². The molecule has 0 fully saturated rings. The van der Waals surface area contributed by atoms with Crippen molar-refractivity contribution in [2.75, 3.05) is 12.4 Å². The number of methoxy groups -OCH3 is 1. The van der Waals surface area contributed by atoms with Crippen LogP contribution in [0.1, 0.15) is 10.4 Å². The fourth-order valence-electron chi connectivity index (χ4n) is 1.45. The van der Waals surface area contributed by atoms with E-state index in [0.717, 1.165) is 0 Å². The SMILES string of the molecule is COc1ncc(NC(=O)c2cccc([N+](=O)[O-])c2)cn1. The van der Waals surface area contributed by atoms with Crippen LogP contribution in [-0.2, 0) is 0 Å². The Balaban J connectivity index is 2.14. The minimum Gasteiger partial charge on any atom is -0.467 e. The van der Waals surface area contributed by atoms with E-state index in [4.69, 9.17) is 4.74 Å². The monoisotopic (exact) mass is 274 g/mol. The number of aromatic nitrogens is 2. The number of nitrogens with one attached hydrogen (secondary N) is 1. The first-order chi connectivity index (χ1) is 9.60. The van der Waals surface area contributed by atoms with Gasteiger partial charge in [-0.15, -0.1) is 0 Å². The first-order valence-corrected chi connectivity index (χ1v) is 5.52. The van der Waals surface area contributed by atoms with Crippen molar-refractivity contribution in [3.05, 3.63) is 52.3 Å². The Morgan fingerprint density at radius 3 is 2.65 bits per heavy atom. The van der Waals surface area contributed by atoms with Crippen molar-refractivity contribution < 1.29 is 14.5 Å².